The second-order valence-corrected chi connectivity index (χ2v) is 6.53. The summed E-state index contributed by atoms with van der Waals surface area (Å²) in [6.45, 7) is 0.137. The van der Waals surface area contributed by atoms with Crippen molar-refractivity contribution >= 4 is 10.8 Å². The molecule has 0 amide bonds. The molecular formula is C24H18N2O3. The highest BCUT2D eigenvalue weighted by molar-refractivity contribution is 5.91. The first-order chi connectivity index (χ1) is 14.2. The zero-order valence-corrected chi connectivity index (χ0v) is 15.8. The standard InChI is InChI=1S/C24H18N2O3/c1-3-12-28-20-11-9-16(13-21(20)27-2)22-18-10-8-15-6-4-5-7-17(15)23(18)29-24(26)19(22)14-25/h1,4-11,13,22H,12,26H2,2H3/t22-/m1/s1. The topological polar surface area (TPSA) is 77.5 Å². The monoisotopic (exact) mass is 382 g/mol. The van der Waals surface area contributed by atoms with Crippen molar-refractivity contribution in [3.05, 3.63) is 77.2 Å². The van der Waals surface area contributed by atoms with Gasteiger partial charge in [0.05, 0.1) is 13.0 Å². The number of hydrogen-bond donors (Lipinski definition) is 1. The van der Waals surface area contributed by atoms with Gasteiger partial charge in [-0.15, -0.1) is 6.42 Å². The van der Waals surface area contributed by atoms with Crippen molar-refractivity contribution in [3.63, 3.8) is 0 Å². The van der Waals surface area contributed by atoms with Gasteiger partial charge in [-0.3, -0.25) is 0 Å². The Bertz CT molecular complexity index is 1220. The van der Waals surface area contributed by atoms with Crippen molar-refractivity contribution in [1.29, 1.82) is 5.26 Å². The molecule has 0 saturated carbocycles. The van der Waals surface area contributed by atoms with Crippen LogP contribution in [0.1, 0.15) is 17.0 Å². The predicted octanol–water partition coefficient (Wildman–Crippen LogP) is 4.08. The average Bonchev–Trinajstić information content (AvgIpc) is 2.76. The van der Waals surface area contributed by atoms with Crippen LogP contribution >= 0.6 is 0 Å². The van der Waals surface area contributed by atoms with E-state index in [0.29, 0.717) is 22.8 Å². The van der Waals surface area contributed by atoms with E-state index in [2.05, 4.69) is 12.0 Å². The number of allylic oxidation sites excluding steroid dienone is 1. The highest BCUT2D eigenvalue weighted by Gasteiger charge is 2.32. The summed E-state index contributed by atoms with van der Waals surface area (Å²) in [5.74, 6) is 3.89. The first-order valence-electron chi connectivity index (χ1n) is 9.01. The van der Waals surface area contributed by atoms with Crippen molar-refractivity contribution in [2.45, 2.75) is 5.92 Å². The van der Waals surface area contributed by atoms with Crippen molar-refractivity contribution in [2.75, 3.05) is 13.7 Å². The quantitative estimate of drug-likeness (QED) is 0.688. The number of nitrogens with zero attached hydrogens (tertiary/aromatic N) is 1. The smallest absolute Gasteiger partial charge is 0.205 e. The lowest BCUT2D eigenvalue weighted by Gasteiger charge is -2.28. The number of nitriles is 1. The highest BCUT2D eigenvalue weighted by Crippen LogP contribution is 2.46. The summed E-state index contributed by atoms with van der Waals surface area (Å²) in [5, 5.41) is 11.8. The maximum Gasteiger partial charge on any atom is 0.205 e. The molecule has 0 unspecified atom stereocenters. The molecule has 0 fully saturated rings. The molecule has 3 aromatic rings. The Morgan fingerprint density at radius 3 is 2.72 bits per heavy atom. The fraction of sp³-hybridized carbons (Fsp3) is 0.125. The van der Waals surface area contributed by atoms with Gasteiger partial charge < -0.3 is 19.9 Å². The molecule has 0 aliphatic carbocycles. The molecule has 0 spiro atoms. The van der Waals surface area contributed by atoms with Crippen LogP contribution in [0.5, 0.6) is 17.2 Å². The lowest BCUT2D eigenvalue weighted by molar-refractivity contribution is 0.330. The molecule has 1 heterocycles. The van der Waals surface area contributed by atoms with E-state index in [0.717, 1.165) is 21.9 Å². The van der Waals surface area contributed by atoms with Gasteiger partial charge in [0.25, 0.3) is 0 Å². The third-order valence-corrected chi connectivity index (χ3v) is 4.94. The second kappa shape index (κ2) is 7.50. The molecule has 142 valence electrons. The maximum atomic E-state index is 9.78. The average molecular weight is 382 g/mol. The Hall–Kier alpha value is -4.09. The number of hydrogen-bond acceptors (Lipinski definition) is 5. The van der Waals surface area contributed by atoms with Crippen molar-refractivity contribution in [2.24, 2.45) is 5.73 Å². The van der Waals surface area contributed by atoms with E-state index in [-0.39, 0.29) is 18.4 Å². The molecule has 0 radical (unpaired) electrons. The molecule has 29 heavy (non-hydrogen) atoms. The summed E-state index contributed by atoms with van der Waals surface area (Å²) < 4.78 is 16.9. The molecule has 5 nitrogen and oxygen atoms in total. The van der Waals surface area contributed by atoms with Crippen LogP contribution in [0.2, 0.25) is 0 Å². The van der Waals surface area contributed by atoms with Crippen LogP contribution in [0.15, 0.2) is 66.1 Å². The summed E-state index contributed by atoms with van der Waals surface area (Å²) >= 11 is 0. The fourth-order valence-corrected chi connectivity index (χ4v) is 3.63. The largest absolute Gasteiger partial charge is 0.493 e. The van der Waals surface area contributed by atoms with Gasteiger partial charge in [0.15, 0.2) is 11.5 Å². The van der Waals surface area contributed by atoms with E-state index >= 15 is 0 Å². The van der Waals surface area contributed by atoms with Crippen LogP contribution in [-0.2, 0) is 0 Å². The Morgan fingerprint density at radius 2 is 1.97 bits per heavy atom. The molecule has 0 saturated heterocycles. The van der Waals surface area contributed by atoms with E-state index in [9.17, 15) is 5.26 Å². The van der Waals surface area contributed by atoms with Crippen LogP contribution in [0, 0.1) is 23.7 Å². The van der Waals surface area contributed by atoms with Gasteiger partial charge >= 0.3 is 0 Å². The van der Waals surface area contributed by atoms with Crippen LogP contribution in [0.3, 0.4) is 0 Å². The number of ether oxygens (including phenoxy) is 3. The first-order valence-corrected chi connectivity index (χ1v) is 9.01. The van der Waals surface area contributed by atoms with Gasteiger partial charge in [-0.1, -0.05) is 48.4 Å². The van der Waals surface area contributed by atoms with E-state index in [1.807, 2.05) is 48.5 Å². The molecule has 5 heteroatoms. The number of fused-ring (bicyclic) bond motifs is 3. The molecule has 3 aromatic carbocycles. The van der Waals surface area contributed by atoms with E-state index < -0.39 is 0 Å². The zero-order chi connectivity index (χ0) is 20.4. The van der Waals surface area contributed by atoms with E-state index in [4.69, 9.17) is 26.4 Å². The van der Waals surface area contributed by atoms with Crippen molar-refractivity contribution in [3.8, 4) is 35.7 Å². The van der Waals surface area contributed by atoms with Gasteiger partial charge in [0, 0.05) is 10.9 Å². The predicted molar refractivity (Wildman–Crippen MR) is 111 cm³/mol. The van der Waals surface area contributed by atoms with Crippen LogP contribution in [-0.4, -0.2) is 13.7 Å². The number of methoxy groups -OCH3 is 1. The molecule has 1 aliphatic heterocycles. The Labute approximate surface area is 168 Å². The minimum Gasteiger partial charge on any atom is -0.493 e. The van der Waals surface area contributed by atoms with Gasteiger partial charge in [0.1, 0.15) is 24.0 Å². The number of rotatable bonds is 4. The summed E-state index contributed by atoms with van der Waals surface area (Å²) in [7, 11) is 1.56. The summed E-state index contributed by atoms with van der Waals surface area (Å²) in [4.78, 5) is 0. The summed E-state index contributed by atoms with van der Waals surface area (Å²) in [6, 6.07) is 19.6. The molecule has 2 N–H and O–H groups in total. The minimum absolute atomic E-state index is 0.105. The van der Waals surface area contributed by atoms with Crippen molar-refractivity contribution in [1.82, 2.24) is 0 Å². The lowest BCUT2D eigenvalue weighted by Crippen LogP contribution is -2.21. The fourth-order valence-electron chi connectivity index (χ4n) is 3.63. The number of terminal acetylenes is 1. The third-order valence-electron chi connectivity index (χ3n) is 4.94. The second-order valence-electron chi connectivity index (χ2n) is 6.53. The maximum absolute atomic E-state index is 9.78. The Balaban J connectivity index is 1.90. The number of benzene rings is 3. The zero-order valence-electron chi connectivity index (χ0n) is 15.8. The van der Waals surface area contributed by atoms with Gasteiger partial charge in [-0.25, -0.2) is 0 Å². The van der Waals surface area contributed by atoms with E-state index in [1.165, 1.54) is 0 Å². The Morgan fingerprint density at radius 1 is 1.14 bits per heavy atom. The normalized spacial score (nSPS) is 15.1. The Kier molecular flexibility index (Phi) is 4.73. The molecule has 0 aromatic heterocycles. The first kappa shape index (κ1) is 18.3. The summed E-state index contributed by atoms with van der Waals surface area (Å²) in [5.41, 5.74) is 8.21. The molecule has 0 bridgehead atoms. The molecule has 1 aliphatic rings. The van der Waals surface area contributed by atoms with Gasteiger partial charge in [0.2, 0.25) is 5.88 Å². The lowest BCUT2D eigenvalue weighted by atomic mass is 9.82. The van der Waals surface area contributed by atoms with E-state index in [1.54, 1.807) is 13.2 Å². The molecule has 4 rings (SSSR count). The number of nitrogens with two attached hydrogens (primary N) is 1. The minimum atomic E-state index is -0.385. The van der Waals surface area contributed by atoms with Crippen LogP contribution in [0.4, 0.5) is 0 Å². The van der Waals surface area contributed by atoms with Gasteiger partial charge in [-0.2, -0.15) is 5.26 Å². The molecular weight excluding hydrogens is 364 g/mol. The van der Waals surface area contributed by atoms with Crippen molar-refractivity contribution < 1.29 is 14.2 Å². The van der Waals surface area contributed by atoms with Crippen LogP contribution in [0.25, 0.3) is 10.8 Å². The molecule has 1 atom stereocenters. The highest BCUT2D eigenvalue weighted by atomic mass is 16.5. The SMILES string of the molecule is C#CCOc1ccc([C@H]2C(C#N)=C(N)Oc3c2ccc2ccccc32)cc1OC. The summed E-state index contributed by atoms with van der Waals surface area (Å²) in [6.07, 6.45) is 5.28. The van der Waals surface area contributed by atoms with Gasteiger partial charge in [-0.05, 0) is 23.1 Å². The van der Waals surface area contributed by atoms with Crippen LogP contribution < -0.4 is 19.9 Å². The third kappa shape index (κ3) is 3.09.